The number of likely N-dealkylation sites (tertiary alicyclic amines) is 3. The Balaban J connectivity index is 0.693. The number of aromatic amines is 1. The number of phenols is 1. The summed E-state index contributed by atoms with van der Waals surface area (Å²) in [5, 5.41) is 36.4. The summed E-state index contributed by atoms with van der Waals surface area (Å²) in [5.41, 5.74) is 4.00. The number of pyridine rings is 1. The molecule has 5 aromatic carbocycles. The number of hydrogen-bond donors (Lipinski definition) is 5. The van der Waals surface area contributed by atoms with Gasteiger partial charge in [-0.05, 0) is 135 Å². The number of rotatable bonds is 19. The van der Waals surface area contributed by atoms with Gasteiger partial charge in [0.2, 0.25) is 11.5 Å². The van der Waals surface area contributed by atoms with Gasteiger partial charge < -0.3 is 44.9 Å². The van der Waals surface area contributed by atoms with Gasteiger partial charge in [-0.25, -0.2) is 4.79 Å². The van der Waals surface area contributed by atoms with Crippen LogP contribution in [-0.2, 0) is 32.5 Å². The first kappa shape index (κ1) is 52.2. The highest BCUT2D eigenvalue weighted by molar-refractivity contribution is 6.60. The fourth-order valence-electron chi connectivity index (χ4n) is 10.7. The molecule has 0 aliphatic carbocycles. The second kappa shape index (κ2) is 24.6. The Morgan fingerprint density at radius 2 is 1.41 bits per heavy atom. The zero-order chi connectivity index (χ0) is 51.4. The predicted molar refractivity (Wildman–Crippen MR) is 288 cm³/mol. The molecule has 5 N–H and O–H groups in total. The number of aliphatic hydroxyl groups excluding tert-OH is 1. The van der Waals surface area contributed by atoms with Crippen LogP contribution in [0.15, 0.2) is 138 Å². The number of nitrogens with zero attached hydrogens (tertiary/aromatic N) is 3. The second-order valence-electron chi connectivity index (χ2n) is 20.5. The van der Waals surface area contributed by atoms with Crippen LogP contribution in [0, 0.1) is 17.8 Å². The molecule has 0 bridgehead atoms. The summed E-state index contributed by atoms with van der Waals surface area (Å²) in [6, 6.07) is 41.1. The summed E-state index contributed by atoms with van der Waals surface area (Å²) in [7, 11) is -1.60. The summed E-state index contributed by atoms with van der Waals surface area (Å²) < 4.78 is 12.3. The van der Waals surface area contributed by atoms with Gasteiger partial charge in [0.1, 0.15) is 21.0 Å². The van der Waals surface area contributed by atoms with Gasteiger partial charge in [-0.3, -0.25) is 19.3 Å². The van der Waals surface area contributed by atoms with E-state index in [-0.39, 0.29) is 54.0 Å². The molecule has 2 amide bonds. The molecule has 3 saturated heterocycles. The smallest absolute Gasteiger partial charge is 0.338 e. The molecule has 6 aromatic rings. The molecule has 388 valence electrons. The van der Waals surface area contributed by atoms with Gasteiger partial charge in [0, 0.05) is 62.2 Å². The first-order valence-electron chi connectivity index (χ1n) is 26.3. The van der Waals surface area contributed by atoms with Crippen LogP contribution < -0.4 is 20.8 Å². The number of phenolic OH excluding ortho intramolecular Hbond substituents is 1. The van der Waals surface area contributed by atoms with Crippen molar-refractivity contribution in [2.24, 2.45) is 17.8 Å². The molecule has 3 aliphatic rings. The summed E-state index contributed by atoms with van der Waals surface area (Å²) in [6.45, 7) is 6.74. The van der Waals surface area contributed by atoms with Crippen LogP contribution >= 0.6 is 0 Å². The van der Waals surface area contributed by atoms with Crippen molar-refractivity contribution < 1.29 is 39.2 Å². The van der Waals surface area contributed by atoms with Crippen molar-refractivity contribution in [3.05, 3.63) is 172 Å². The highest BCUT2D eigenvalue weighted by Crippen LogP contribution is 2.31. The molecule has 1 aromatic heterocycles. The molecule has 3 aliphatic heterocycles. The molecule has 0 spiro atoms. The Kier molecular flexibility index (Phi) is 17.4. The van der Waals surface area contributed by atoms with Crippen molar-refractivity contribution in [1.82, 2.24) is 25.0 Å². The Morgan fingerprint density at radius 1 is 0.730 bits per heavy atom. The van der Waals surface area contributed by atoms with Crippen LogP contribution in [0.2, 0.25) is 0 Å². The number of ether oxygens (including phenoxy) is 2. The number of H-pyrrole nitrogens is 1. The summed E-state index contributed by atoms with van der Waals surface area (Å²) in [6.07, 6.45) is 4.56. The van der Waals surface area contributed by atoms with Crippen molar-refractivity contribution in [3.8, 4) is 11.5 Å². The summed E-state index contributed by atoms with van der Waals surface area (Å²) in [5.74, 6) is 0.408. The van der Waals surface area contributed by atoms with Crippen LogP contribution in [0.3, 0.4) is 0 Å². The normalized spacial score (nSPS) is 17.6. The van der Waals surface area contributed by atoms with Gasteiger partial charge in [0.15, 0.2) is 5.22 Å². The lowest BCUT2D eigenvalue weighted by atomic mass is 9.92. The van der Waals surface area contributed by atoms with Crippen molar-refractivity contribution in [2.75, 3.05) is 65.6 Å². The van der Waals surface area contributed by atoms with Crippen LogP contribution in [0.25, 0.3) is 10.9 Å². The number of aliphatic hydroxyl groups is 2. The highest BCUT2D eigenvalue weighted by Gasteiger charge is 2.41. The van der Waals surface area contributed by atoms with Gasteiger partial charge in [-0.1, -0.05) is 96.2 Å². The van der Waals surface area contributed by atoms with Crippen LogP contribution in [0.4, 0.5) is 0 Å². The molecule has 9 rings (SSSR count). The Bertz CT molecular complexity index is 2880. The average Bonchev–Trinajstić information content (AvgIpc) is 3.44. The van der Waals surface area contributed by atoms with Gasteiger partial charge in [0.25, 0.3) is 5.91 Å². The van der Waals surface area contributed by atoms with E-state index in [1.165, 1.54) is 17.7 Å². The summed E-state index contributed by atoms with van der Waals surface area (Å²) >= 11 is 0. The number of aromatic hydroxyl groups is 1. The molecular formula is C59H69N5O9Si. The maximum Gasteiger partial charge on any atom is 0.338 e. The third kappa shape index (κ3) is 13.2. The monoisotopic (exact) mass is 1020 g/mol. The number of nitrogens with one attached hydrogen (secondary N) is 2. The van der Waals surface area contributed by atoms with Crippen molar-refractivity contribution in [1.29, 1.82) is 0 Å². The van der Waals surface area contributed by atoms with E-state index in [9.17, 15) is 34.5 Å². The van der Waals surface area contributed by atoms with Crippen LogP contribution in [-0.4, -0.2) is 128 Å². The maximum atomic E-state index is 14.0. The Hall–Kier alpha value is -6.62. The number of esters is 1. The van der Waals surface area contributed by atoms with E-state index in [1.54, 1.807) is 24.3 Å². The number of piperidine rings is 3. The number of amides is 2. The molecular weight excluding hydrogens is 951 g/mol. The van der Waals surface area contributed by atoms with Crippen molar-refractivity contribution in [3.63, 3.8) is 0 Å². The largest absolute Gasteiger partial charge is 0.506 e. The zero-order valence-corrected chi connectivity index (χ0v) is 43.5. The van der Waals surface area contributed by atoms with Gasteiger partial charge >= 0.3 is 5.97 Å². The lowest BCUT2D eigenvalue weighted by Gasteiger charge is -2.37. The number of benzene rings is 5. The van der Waals surface area contributed by atoms with E-state index < -0.39 is 26.8 Å². The molecule has 3 fully saturated rings. The van der Waals surface area contributed by atoms with Gasteiger partial charge in [-0.15, -0.1) is 0 Å². The van der Waals surface area contributed by atoms with E-state index in [4.69, 9.17) is 9.47 Å². The zero-order valence-electron chi connectivity index (χ0n) is 42.1. The fourth-order valence-corrected chi connectivity index (χ4v) is 12.5. The van der Waals surface area contributed by atoms with E-state index >= 15 is 0 Å². The minimum absolute atomic E-state index is 0.0400. The number of hydrogen-bond acceptors (Lipinski definition) is 11. The number of carbonyl (C=O) groups excluding carboxylic acids is 3. The molecule has 4 heterocycles. The predicted octanol–water partition coefficient (Wildman–Crippen LogP) is 5.36. The standard InChI is InChI=1S/C59H69N5O9Si/c65-52-20-18-50(51-19-21-54(67)61-55(51)52)53(66)37-60-29-22-41-14-16-45(17-15-41)56(68)64-34-27-46(28-35-64)57(69)63-32-25-44(26-33-63)39-72-48-11-7-10-47(36-48)59(71,74-49-12-5-2-6-13-49)58(70)73-40-43-23-30-62(31-24-43)38-42-8-3-1-4-9-42/h1-21,36,43-44,46,53,60,65-66,71H,22-35,37-40,74H2,(H,61,67)/t53-,59?/m0/s1. The molecule has 14 nitrogen and oxygen atoms in total. The SMILES string of the molecule is O=C(c1ccc(CCNC[C@H](O)c2ccc(O)c3[nH]c(=O)ccc23)cc1)N1CCC(C(=O)N2CCC(COc3cccc(C(O)([SiH2]c4ccccc4)C(=O)OCC4CCN(Cc5ccccc5)CC4)c3)CC2)CC1. The van der Waals surface area contributed by atoms with E-state index in [1.807, 2.05) is 82.6 Å². The first-order chi connectivity index (χ1) is 36.0. The number of aromatic nitrogens is 1. The maximum absolute atomic E-state index is 14.0. The molecule has 0 saturated carbocycles. The van der Waals surface area contributed by atoms with Crippen molar-refractivity contribution in [2.45, 2.75) is 62.8 Å². The molecule has 15 heteroatoms. The first-order valence-corrected chi connectivity index (χ1v) is 27.7. The van der Waals surface area contributed by atoms with E-state index in [0.717, 1.165) is 56.1 Å². The lowest BCUT2D eigenvalue weighted by Crippen LogP contribution is -2.48. The average molecular weight is 1020 g/mol. The minimum Gasteiger partial charge on any atom is -0.506 e. The molecule has 0 radical (unpaired) electrons. The van der Waals surface area contributed by atoms with Gasteiger partial charge in [0.05, 0.1) is 24.8 Å². The summed E-state index contributed by atoms with van der Waals surface area (Å²) in [4.78, 5) is 61.9. The third-order valence-electron chi connectivity index (χ3n) is 15.3. The third-order valence-corrected chi connectivity index (χ3v) is 17.4. The topological polar surface area (TPSA) is 185 Å². The lowest BCUT2D eigenvalue weighted by molar-refractivity contribution is -0.160. The minimum atomic E-state index is -1.77. The van der Waals surface area contributed by atoms with Gasteiger partial charge in [-0.2, -0.15) is 0 Å². The van der Waals surface area contributed by atoms with Crippen LogP contribution in [0.5, 0.6) is 11.5 Å². The quantitative estimate of drug-likeness (QED) is 0.0400. The highest BCUT2D eigenvalue weighted by atomic mass is 28.2. The number of carbonyl (C=O) groups is 3. The molecule has 2 atom stereocenters. The Labute approximate surface area is 435 Å². The second-order valence-corrected chi connectivity index (χ2v) is 22.6. The fraction of sp³-hybridized carbons (Fsp3) is 0.390. The molecule has 1 unspecified atom stereocenters. The number of fused-ring (bicyclic) bond motifs is 1. The van der Waals surface area contributed by atoms with E-state index in [0.29, 0.717) is 91.9 Å². The van der Waals surface area contributed by atoms with E-state index in [2.05, 4.69) is 39.5 Å². The Morgan fingerprint density at radius 3 is 2.14 bits per heavy atom. The van der Waals surface area contributed by atoms with Crippen molar-refractivity contribution >= 4 is 43.4 Å². The van der Waals surface area contributed by atoms with Crippen LogP contribution in [0.1, 0.15) is 77.2 Å². The molecule has 74 heavy (non-hydrogen) atoms.